The van der Waals surface area contributed by atoms with E-state index in [9.17, 15) is 9.59 Å². The van der Waals surface area contributed by atoms with Gasteiger partial charge >= 0.3 is 5.97 Å². The van der Waals surface area contributed by atoms with E-state index in [0.29, 0.717) is 10.9 Å². The van der Waals surface area contributed by atoms with Gasteiger partial charge in [0, 0.05) is 17.8 Å². The number of carbonyl (C=O) groups excluding carboxylic acids is 1. The van der Waals surface area contributed by atoms with Gasteiger partial charge in [-0.05, 0) is 23.6 Å². The van der Waals surface area contributed by atoms with E-state index >= 15 is 0 Å². The molecule has 0 amide bonds. The number of pyridine rings is 1. The van der Waals surface area contributed by atoms with Crippen LogP contribution in [0.4, 0.5) is 0 Å². The average molecular weight is 267 g/mol. The fraction of sp³-hybridized carbons (Fsp3) is 0.125. The Labute approximate surface area is 115 Å². The minimum absolute atomic E-state index is 0.121. The van der Waals surface area contributed by atoms with Crippen LogP contribution in [0, 0.1) is 0 Å². The summed E-state index contributed by atoms with van der Waals surface area (Å²) in [5.41, 5.74) is 1.13. The van der Waals surface area contributed by atoms with Crippen molar-refractivity contribution in [1.29, 1.82) is 0 Å². The highest BCUT2D eigenvalue weighted by Crippen LogP contribution is 2.23. The van der Waals surface area contributed by atoms with Gasteiger partial charge in [0.15, 0.2) is 0 Å². The van der Waals surface area contributed by atoms with Crippen LogP contribution in [-0.4, -0.2) is 17.6 Å². The number of hydrogen-bond donors (Lipinski definition) is 0. The quantitative estimate of drug-likeness (QED) is 0.502. The van der Waals surface area contributed by atoms with Crippen molar-refractivity contribution in [2.75, 3.05) is 7.11 Å². The summed E-state index contributed by atoms with van der Waals surface area (Å²) in [4.78, 5) is 24.0. The molecule has 0 aliphatic heterocycles. The largest absolute Gasteiger partial charge is 0.465 e. The Hall–Kier alpha value is -2.62. The standard InChI is InChI=1S/C16H13NO3/c1-17-14-6-4-3-5-12(14)11-8-7-10(16(19)20-2)9-13(11)15(17)18/h3-9H,1-2H3. The molecule has 0 bridgehead atoms. The highest BCUT2D eigenvalue weighted by Gasteiger charge is 2.11. The molecule has 0 radical (unpaired) electrons. The fourth-order valence-electron chi connectivity index (χ4n) is 2.48. The first-order valence-electron chi connectivity index (χ1n) is 6.23. The molecule has 1 aromatic heterocycles. The molecule has 0 unspecified atom stereocenters. The van der Waals surface area contributed by atoms with Gasteiger partial charge in [0.05, 0.1) is 18.2 Å². The molecule has 0 fully saturated rings. The number of aromatic nitrogens is 1. The second-order valence-corrected chi connectivity index (χ2v) is 4.63. The number of fused-ring (bicyclic) bond motifs is 3. The van der Waals surface area contributed by atoms with Gasteiger partial charge in [0.2, 0.25) is 0 Å². The normalized spacial score (nSPS) is 10.9. The minimum Gasteiger partial charge on any atom is -0.465 e. The minimum atomic E-state index is -0.442. The van der Waals surface area contributed by atoms with E-state index in [1.165, 1.54) is 7.11 Å². The second kappa shape index (κ2) is 4.49. The van der Waals surface area contributed by atoms with Crippen molar-refractivity contribution >= 4 is 27.6 Å². The molecule has 0 N–H and O–H groups in total. The Balaban J connectivity index is 2.48. The number of benzene rings is 2. The lowest BCUT2D eigenvalue weighted by atomic mass is 10.0. The Kier molecular flexibility index (Phi) is 2.79. The van der Waals surface area contributed by atoms with Crippen LogP contribution in [0.1, 0.15) is 10.4 Å². The molecule has 0 atom stereocenters. The maximum Gasteiger partial charge on any atom is 0.337 e. The number of methoxy groups -OCH3 is 1. The summed E-state index contributed by atoms with van der Waals surface area (Å²) in [5.74, 6) is -0.442. The van der Waals surface area contributed by atoms with E-state index < -0.39 is 5.97 Å². The molecule has 4 nitrogen and oxygen atoms in total. The van der Waals surface area contributed by atoms with E-state index in [4.69, 9.17) is 4.74 Å². The van der Waals surface area contributed by atoms with E-state index in [1.807, 2.05) is 24.3 Å². The van der Waals surface area contributed by atoms with E-state index in [2.05, 4.69) is 0 Å². The predicted octanol–water partition coefficient (Wildman–Crippen LogP) is 2.48. The van der Waals surface area contributed by atoms with Crippen LogP contribution in [0.15, 0.2) is 47.3 Å². The van der Waals surface area contributed by atoms with Crippen LogP contribution < -0.4 is 5.56 Å². The lowest BCUT2D eigenvalue weighted by Crippen LogP contribution is -2.17. The van der Waals surface area contributed by atoms with Crippen LogP contribution in [-0.2, 0) is 11.8 Å². The summed E-state index contributed by atoms with van der Waals surface area (Å²) in [5, 5.41) is 2.35. The Bertz CT molecular complexity index is 893. The molecule has 0 aliphatic rings. The van der Waals surface area contributed by atoms with Crippen LogP contribution in [0.5, 0.6) is 0 Å². The van der Waals surface area contributed by atoms with Gasteiger partial charge in [-0.3, -0.25) is 4.79 Å². The number of hydrogen-bond acceptors (Lipinski definition) is 3. The SMILES string of the molecule is COC(=O)c1ccc2c(c1)c(=O)n(C)c1ccccc21. The lowest BCUT2D eigenvalue weighted by molar-refractivity contribution is 0.0601. The summed E-state index contributed by atoms with van der Waals surface area (Å²) < 4.78 is 6.29. The zero-order valence-corrected chi connectivity index (χ0v) is 11.2. The maximum atomic E-state index is 12.4. The molecule has 4 heteroatoms. The van der Waals surface area contributed by atoms with E-state index in [0.717, 1.165) is 16.3 Å². The third kappa shape index (κ3) is 1.69. The van der Waals surface area contributed by atoms with Gasteiger partial charge in [-0.15, -0.1) is 0 Å². The summed E-state index contributed by atoms with van der Waals surface area (Å²) in [6, 6.07) is 12.8. The van der Waals surface area contributed by atoms with Gasteiger partial charge < -0.3 is 9.30 Å². The van der Waals surface area contributed by atoms with Crippen LogP contribution in [0.25, 0.3) is 21.7 Å². The van der Waals surface area contributed by atoms with Crippen LogP contribution in [0.3, 0.4) is 0 Å². The van der Waals surface area contributed by atoms with Crippen molar-refractivity contribution < 1.29 is 9.53 Å². The topological polar surface area (TPSA) is 48.3 Å². The van der Waals surface area contributed by atoms with Crippen molar-refractivity contribution in [3.05, 3.63) is 58.4 Å². The van der Waals surface area contributed by atoms with Crippen LogP contribution >= 0.6 is 0 Å². The van der Waals surface area contributed by atoms with E-state index in [-0.39, 0.29) is 5.56 Å². The first-order valence-corrected chi connectivity index (χ1v) is 6.23. The lowest BCUT2D eigenvalue weighted by Gasteiger charge is -2.09. The third-order valence-electron chi connectivity index (χ3n) is 3.53. The smallest absolute Gasteiger partial charge is 0.337 e. The molecule has 3 rings (SSSR count). The molecule has 2 aromatic carbocycles. The van der Waals surface area contributed by atoms with Crippen molar-refractivity contribution in [3.8, 4) is 0 Å². The first kappa shape index (κ1) is 12.4. The Morgan fingerprint density at radius 2 is 1.80 bits per heavy atom. The van der Waals surface area contributed by atoms with Crippen molar-refractivity contribution in [2.24, 2.45) is 7.05 Å². The number of rotatable bonds is 1. The molecular formula is C16H13NO3. The summed E-state index contributed by atoms with van der Waals surface area (Å²) in [6.45, 7) is 0. The van der Waals surface area contributed by atoms with Gasteiger partial charge in [0.25, 0.3) is 5.56 Å². The maximum absolute atomic E-state index is 12.4. The molecule has 100 valence electrons. The highest BCUT2D eigenvalue weighted by atomic mass is 16.5. The fourth-order valence-corrected chi connectivity index (χ4v) is 2.48. The zero-order chi connectivity index (χ0) is 14.3. The molecule has 0 aliphatic carbocycles. The summed E-state index contributed by atoms with van der Waals surface area (Å²) in [6.07, 6.45) is 0. The van der Waals surface area contributed by atoms with Gasteiger partial charge in [0.1, 0.15) is 0 Å². The number of aryl methyl sites for hydroxylation is 1. The van der Waals surface area contributed by atoms with Gasteiger partial charge in [-0.2, -0.15) is 0 Å². The monoisotopic (exact) mass is 267 g/mol. The summed E-state index contributed by atoms with van der Waals surface area (Å²) in [7, 11) is 3.06. The number of ether oxygens (including phenoxy) is 1. The second-order valence-electron chi connectivity index (χ2n) is 4.63. The van der Waals surface area contributed by atoms with Gasteiger partial charge in [-0.25, -0.2) is 4.79 Å². The molecule has 3 aromatic rings. The molecule has 0 saturated carbocycles. The van der Waals surface area contributed by atoms with Crippen LogP contribution in [0.2, 0.25) is 0 Å². The first-order chi connectivity index (χ1) is 9.63. The Morgan fingerprint density at radius 1 is 1.05 bits per heavy atom. The van der Waals surface area contributed by atoms with Crippen molar-refractivity contribution in [1.82, 2.24) is 4.57 Å². The number of para-hydroxylation sites is 1. The zero-order valence-electron chi connectivity index (χ0n) is 11.2. The Morgan fingerprint density at radius 3 is 2.55 bits per heavy atom. The van der Waals surface area contributed by atoms with Crippen molar-refractivity contribution in [3.63, 3.8) is 0 Å². The molecular weight excluding hydrogens is 254 g/mol. The number of nitrogens with zero attached hydrogens (tertiary/aromatic N) is 1. The van der Waals surface area contributed by atoms with E-state index in [1.54, 1.807) is 29.8 Å². The highest BCUT2D eigenvalue weighted by molar-refractivity contribution is 6.07. The molecule has 20 heavy (non-hydrogen) atoms. The van der Waals surface area contributed by atoms with Gasteiger partial charge in [-0.1, -0.05) is 24.3 Å². The third-order valence-corrected chi connectivity index (χ3v) is 3.53. The average Bonchev–Trinajstić information content (AvgIpc) is 2.51. The molecule has 1 heterocycles. The number of esters is 1. The molecule has 0 saturated heterocycles. The number of carbonyl (C=O) groups is 1. The molecule has 0 spiro atoms. The predicted molar refractivity (Wildman–Crippen MR) is 78.0 cm³/mol. The summed E-state index contributed by atoms with van der Waals surface area (Å²) >= 11 is 0. The van der Waals surface area contributed by atoms with Crippen molar-refractivity contribution in [2.45, 2.75) is 0 Å².